The van der Waals surface area contributed by atoms with Gasteiger partial charge in [0.05, 0.1) is 18.1 Å². The predicted molar refractivity (Wildman–Crippen MR) is 72.7 cm³/mol. The van der Waals surface area contributed by atoms with E-state index >= 15 is 0 Å². The van der Waals surface area contributed by atoms with Gasteiger partial charge in [-0.05, 0) is 36.8 Å². The molecule has 0 spiro atoms. The van der Waals surface area contributed by atoms with Crippen LogP contribution in [0.4, 0.5) is 5.95 Å². The minimum absolute atomic E-state index is 0.460. The van der Waals surface area contributed by atoms with Crippen molar-refractivity contribution in [2.24, 2.45) is 5.41 Å². The summed E-state index contributed by atoms with van der Waals surface area (Å²) < 4.78 is 7.36. The molecule has 18 heavy (non-hydrogen) atoms. The molecule has 4 nitrogen and oxygen atoms in total. The average Bonchev–Trinajstić information content (AvgIpc) is 3.10. The molecule has 1 heterocycles. The van der Waals surface area contributed by atoms with Crippen molar-refractivity contribution >= 4 is 17.0 Å². The third-order valence-corrected chi connectivity index (χ3v) is 4.19. The lowest BCUT2D eigenvalue weighted by Gasteiger charge is -2.15. The quantitative estimate of drug-likeness (QED) is 0.901. The highest BCUT2D eigenvalue weighted by Crippen LogP contribution is 2.50. The lowest BCUT2D eigenvalue weighted by Crippen LogP contribution is -2.12. The second-order valence-electron chi connectivity index (χ2n) is 5.26. The highest BCUT2D eigenvalue weighted by molar-refractivity contribution is 5.79. The van der Waals surface area contributed by atoms with Crippen LogP contribution in [0.15, 0.2) is 18.2 Å². The summed E-state index contributed by atoms with van der Waals surface area (Å²) in [5, 5.41) is 0. The Labute approximate surface area is 107 Å². The molecule has 0 amide bonds. The fourth-order valence-electron chi connectivity index (χ4n) is 2.56. The van der Waals surface area contributed by atoms with E-state index in [4.69, 9.17) is 10.5 Å². The lowest BCUT2D eigenvalue weighted by atomic mass is 10.0. The van der Waals surface area contributed by atoms with E-state index in [9.17, 15) is 0 Å². The van der Waals surface area contributed by atoms with E-state index in [2.05, 4.69) is 16.5 Å². The van der Waals surface area contributed by atoms with Crippen LogP contribution in [-0.4, -0.2) is 16.7 Å². The maximum Gasteiger partial charge on any atom is 0.201 e. The van der Waals surface area contributed by atoms with E-state index in [1.165, 1.54) is 19.3 Å². The molecule has 1 saturated carbocycles. The zero-order valence-electron chi connectivity index (χ0n) is 10.9. The molecule has 3 rings (SSSR count). The van der Waals surface area contributed by atoms with Crippen LogP contribution in [0.2, 0.25) is 0 Å². The van der Waals surface area contributed by atoms with E-state index < -0.39 is 0 Å². The Kier molecular flexibility index (Phi) is 2.47. The van der Waals surface area contributed by atoms with Gasteiger partial charge in [-0.25, -0.2) is 4.98 Å². The van der Waals surface area contributed by atoms with E-state index in [1.54, 1.807) is 7.11 Å². The normalized spacial score (nSPS) is 17.0. The molecule has 0 saturated heterocycles. The van der Waals surface area contributed by atoms with Crippen LogP contribution < -0.4 is 10.5 Å². The van der Waals surface area contributed by atoms with Crippen molar-refractivity contribution < 1.29 is 4.74 Å². The Morgan fingerprint density at radius 2 is 2.22 bits per heavy atom. The molecule has 4 heteroatoms. The summed E-state index contributed by atoms with van der Waals surface area (Å²) in [6.07, 6.45) is 3.82. The molecule has 2 N–H and O–H groups in total. The van der Waals surface area contributed by atoms with E-state index in [-0.39, 0.29) is 0 Å². The van der Waals surface area contributed by atoms with Gasteiger partial charge in [0.1, 0.15) is 5.75 Å². The van der Waals surface area contributed by atoms with Gasteiger partial charge >= 0.3 is 0 Å². The van der Waals surface area contributed by atoms with Crippen molar-refractivity contribution in [3.05, 3.63) is 18.2 Å². The number of benzene rings is 1. The summed E-state index contributed by atoms with van der Waals surface area (Å²) in [7, 11) is 1.66. The number of methoxy groups -OCH3 is 1. The predicted octanol–water partition coefficient (Wildman–Crippen LogP) is 2.82. The van der Waals surface area contributed by atoms with Crippen molar-refractivity contribution in [2.45, 2.75) is 32.7 Å². The van der Waals surface area contributed by atoms with Crippen molar-refractivity contribution in [3.8, 4) is 5.75 Å². The van der Waals surface area contributed by atoms with Crippen LogP contribution >= 0.6 is 0 Å². The molecule has 1 fully saturated rings. The SMILES string of the molecule is CCC1(Cn2c(N)nc3cc(OC)ccc32)CC1. The number of fused-ring (bicyclic) bond motifs is 1. The molecule has 1 aromatic carbocycles. The van der Waals surface area contributed by atoms with E-state index in [0.717, 1.165) is 23.3 Å². The largest absolute Gasteiger partial charge is 0.497 e. The van der Waals surface area contributed by atoms with Gasteiger partial charge in [0, 0.05) is 12.6 Å². The number of imidazole rings is 1. The minimum atomic E-state index is 0.460. The van der Waals surface area contributed by atoms with Gasteiger partial charge in [0.25, 0.3) is 0 Å². The molecule has 1 aliphatic carbocycles. The fraction of sp³-hybridized carbons (Fsp3) is 0.500. The van der Waals surface area contributed by atoms with Gasteiger partial charge in [0.2, 0.25) is 5.95 Å². The number of nitrogens with zero attached hydrogens (tertiary/aromatic N) is 2. The zero-order valence-corrected chi connectivity index (χ0v) is 10.9. The topological polar surface area (TPSA) is 53.1 Å². The number of hydrogen-bond donors (Lipinski definition) is 1. The Hall–Kier alpha value is -1.71. The van der Waals surface area contributed by atoms with Gasteiger partial charge < -0.3 is 15.0 Å². The number of ether oxygens (including phenoxy) is 1. The molecule has 1 aromatic heterocycles. The van der Waals surface area contributed by atoms with Crippen molar-refractivity contribution in [1.29, 1.82) is 0 Å². The average molecular weight is 245 g/mol. The molecule has 1 aliphatic rings. The highest BCUT2D eigenvalue weighted by atomic mass is 16.5. The smallest absolute Gasteiger partial charge is 0.201 e. The van der Waals surface area contributed by atoms with Crippen LogP contribution in [0, 0.1) is 5.41 Å². The first-order valence-electron chi connectivity index (χ1n) is 6.47. The Bertz CT molecular complexity index is 584. The maximum absolute atomic E-state index is 6.05. The highest BCUT2D eigenvalue weighted by Gasteiger charge is 2.41. The first-order valence-corrected chi connectivity index (χ1v) is 6.47. The van der Waals surface area contributed by atoms with Crippen LogP contribution in [-0.2, 0) is 6.54 Å². The zero-order chi connectivity index (χ0) is 12.8. The van der Waals surface area contributed by atoms with Gasteiger partial charge in [-0.3, -0.25) is 0 Å². The number of anilines is 1. The summed E-state index contributed by atoms with van der Waals surface area (Å²) in [4.78, 5) is 4.43. The summed E-state index contributed by atoms with van der Waals surface area (Å²) in [5.41, 5.74) is 8.53. The monoisotopic (exact) mass is 245 g/mol. The van der Waals surface area contributed by atoms with Crippen molar-refractivity contribution in [2.75, 3.05) is 12.8 Å². The van der Waals surface area contributed by atoms with Crippen molar-refractivity contribution in [1.82, 2.24) is 9.55 Å². The Morgan fingerprint density at radius 1 is 1.44 bits per heavy atom. The van der Waals surface area contributed by atoms with Crippen molar-refractivity contribution in [3.63, 3.8) is 0 Å². The summed E-state index contributed by atoms with van der Waals surface area (Å²) in [5.74, 6) is 1.43. The molecule has 0 bridgehead atoms. The maximum atomic E-state index is 6.05. The molecule has 0 aliphatic heterocycles. The first-order chi connectivity index (χ1) is 8.67. The second kappa shape index (κ2) is 3.90. The van der Waals surface area contributed by atoms with Gasteiger partial charge in [-0.15, -0.1) is 0 Å². The van der Waals surface area contributed by atoms with Gasteiger partial charge in [-0.2, -0.15) is 0 Å². The van der Waals surface area contributed by atoms with Crippen LogP contribution in [0.5, 0.6) is 5.75 Å². The van der Waals surface area contributed by atoms with Gasteiger partial charge in [0.15, 0.2) is 0 Å². The lowest BCUT2D eigenvalue weighted by molar-refractivity contribution is 0.414. The minimum Gasteiger partial charge on any atom is -0.497 e. The summed E-state index contributed by atoms with van der Waals surface area (Å²) >= 11 is 0. The number of rotatable bonds is 4. The molecule has 0 radical (unpaired) electrons. The van der Waals surface area contributed by atoms with E-state index in [0.29, 0.717) is 11.4 Å². The molecular formula is C14H19N3O. The summed E-state index contributed by atoms with van der Waals surface area (Å²) in [6, 6.07) is 5.95. The van der Waals surface area contributed by atoms with Gasteiger partial charge in [-0.1, -0.05) is 6.92 Å². The number of nitrogens with two attached hydrogens (primary N) is 1. The Balaban J connectivity index is 2.03. The Morgan fingerprint density at radius 3 is 2.83 bits per heavy atom. The van der Waals surface area contributed by atoms with Crippen LogP contribution in [0.3, 0.4) is 0 Å². The first kappa shape index (κ1) is 11.4. The van der Waals surface area contributed by atoms with Crippen LogP contribution in [0.1, 0.15) is 26.2 Å². The molecule has 96 valence electrons. The third-order valence-electron chi connectivity index (χ3n) is 4.19. The van der Waals surface area contributed by atoms with E-state index in [1.807, 2.05) is 18.2 Å². The standard InChI is InChI=1S/C14H19N3O/c1-3-14(6-7-14)9-17-12-5-4-10(18-2)8-11(12)16-13(17)15/h4-5,8H,3,6-7,9H2,1-2H3,(H2,15,16). The number of hydrogen-bond acceptors (Lipinski definition) is 3. The molecule has 0 atom stereocenters. The number of nitrogen functional groups attached to an aromatic ring is 1. The summed E-state index contributed by atoms with van der Waals surface area (Å²) in [6.45, 7) is 3.24. The second-order valence-corrected chi connectivity index (χ2v) is 5.26. The fourth-order valence-corrected chi connectivity index (χ4v) is 2.56. The van der Waals surface area contributed by atoms with Crippen LogP contribution in [0.25, 0.3) is 11.0 Å². The third kappa shape index (κ3) is 1.72. The molecular weight excluding hydrogens is 226 g/mol. The molecule has 0 unspecified atom stereocenters. The molecule has 2 aromatic rings. The number of aromatic nitrogens is 2.